The number of allylic oxidation sites excluding steroid dienone is 1. The van der Waals surface area contributed by atoms with Gasteiger partial charge in [-0.05, 0) is 18.1 Å². The molecule has 0 nitrogen and oxygen atoms in total. The van der Waals surface area contributed by atoms with E-state index in [0.717, 1.165) is 5.54 Å². The van der Waals surface area contributed by atoms with Crippen molar-refractivity contribution in [3.63, 3.8) is 0 Å². The van der Waals surface area contributed by atoms with Gasteiger partial charge in [0.1, 0.15) is 0 Å². The van der Waals surface area contributed by atoms with Gasteiger partial charge in [0.25, 0.3) is 0 Å². The summed E-state index contributed by atoms with van der Waals surface area (Å²) in [6, 6.07) is 8.83. The van der Waals surface area contributed by atoms with Crippen LogP contribution in [0.15, 0.2) is 29.8 Å². The van der Waals surface area contributed by atoms with Crippen molar-refractivity contribution in [2.24, 2.45) is 0 Å². The van der Waals surface area contributed by atoms with E-state index in [9.17, 15) is 0 Å². The van der Waals surface area contributed by atoms with Crippen molar-refractivity contribution >= 4 is 33.0 Å². The Kier molecular flexibility index (Phi) is 3.71. The number of benzene rings is 1. The molecule has 0 saturated carbocycles. The van der Waals surface area contributed by atoms with Crippen molar-refractivity contribution in [3.8, 4) is 0 Å². The molecule has 1 aromatic carbocycles. The van der Waals surface area contributed by atoms with E-state index in [1.54, 1.807) is 11.1 Å². The van der Waals surface area contributed by atoms with E-state index in [1.165, 1.54) is 5.56 Å². The zero-order chi connectivity index (χ0) is 10.3. The third kappa shape index (κ3) is 2.31. The summed E-state index contributed by atoms with van der Waals surface area (Å²) < 4.78 is 0. The van der Waals surface area contributed by atoms with E-state index < -0.39 is 8.07 Å². The zero-order valence-electron chi connectivity index (χ0n) is 10.5. The van der Waals surface area contributed by atoms with Crippen LogP contribution >= 0.6 is 0 Å². The predicted octanol–water partition coefficient (Wildman–Crippen LogP) is 3.68. The van der Waals surface area contributed by atoms with Crippen molar-refractivity contribution in [1.82, 2.24) is 0 Å². The molecule has 0 aliphatic heterocycles. The molecule has 2 heteroatoms. The summed E-state index contributed by atoms with van der Waals surface area (Å²) in [5.74, 6) is 0. The summed E-state index contributed by atoms with van der Waals surface area (Å²) in [4.78, 5) is 0. The quantitative estimate of drug-likeness (QED) is 0.619. The standard InChI is InChI=1S/C13H18Si.Li/c1-10-9-11-7-5-6-8-12(11)13(10)14(2,3)4;/h5-9,13H,1-4H3;. The molecule has 1 aliphatic rings. The Balaban J connectivity index is 0.00000112. The molecule has 0 heterocycles. The summed E-state index contributed by atoms with van der Waals surface area (Å²) in [5, 5.41) is 0. The number of hydrogen-bond donors (Lipinski definition) is 0. The van der Waals surface area contributed by atoms with Crippen LogP contribution in [0.2, 0.25) is 19.6 Å². The Morgan fingerprint density at radius 1 is 1.07 bits per heavy atom. The van der Waals surface area contributed by atoms with Crippen molar-refractivity contribution in [2.45, 2.75) is 32.1 Å². The SMILES string of the molecule is CC1=Cc2ccccc2C1[Si](C)(C)C.[Li]. The summed E-state index contributed by atoms with van der Waals surface area (Å²) in [6.07, 6.45) is 2.36. The molecule has 1 atom stereocenters. The number of fused-ring (bicyclic) bond motifs is 1. The number of rotatable bonds is 1. The summed E-state index contributed by atoms with van der Waals surface area (Å²) in [5.41, 5.74) is 5.30. The van der Waals surface area contributed by atoms with Crippen LogP contribution in [0.3, 0.4) is 0 Å². The first kappa shape index (κ1) is 12.8. The molecule has 1 radical (unpaired) electrons. The van der Waals surface area contributed by atoms with E-state index in [2.05, 4.69) is 56.9 Å². The first-order chi connectivity index (χ1) is 6.50. The molecule has 0 saturated heterocycles. The van der Waals surface area contributed by atoms with Gasteiger partial charge >= 0.3 is 0 Å². The van der Waals surface area contributed by atoms with Crippen LogP contribution in [-0.2, 0) is 0 Å². The normalized spacial score (nSPS) is 19.2. The number of hydrogen-bond acceptors (Lipinski definition) is 0. The van der Waals surface area contributed by atoms with E-state index in [0.29, 0.717) is 0 Å². The molecule has 2 rings (SSSR count). The largest absolute Gasteiger partial charge is 0.0688 e. The molecule has 15 heavy (non-hydrogen) atoms. The maximum atomic E-state index is 2.46. The van der Waals surface area contributed by atoms with Crippen molar-refractivity contribution in [3.05, 3.63) is 41.0 Å². The van der Waals surface area contributed by atoms with Gasteiger partial charge in [0.2, 0.25) is 0 Å². The fourth-order valence-corrected chi connectivity index (χ4v) is 5.27. The molecule has 0 fully saturated rings. The van der Waals surface area contributed by atoms with Gasteiger partial charge in [-0.15, -0.1) is 0 Å². The maximum Gasteiger partial charge on any atom is 0.0569 e. The molecule has 1 aliphatic carbocycles. The van der Waals surface area contributed by atoms with Crippen LogP contribution in [0, 0.1) is 0 Å². The summed E-state index contributed by atoms with van der Waals surface area (Å²) >= 11 is 0. The molecule has 0 amide bonds. The van der Waals surface area contributed by atoms with Gasteiger partial charge in [0, 0.05) is 24.4 Å². The monoisotopic (exact) mass is 209 g/mol. The smallest absolute Gasteiger partial charge is 0.0569 e. The van der Waals surface area contributed by atoms with Crippen LogP contribution in [0.1, 0.15) is 23.6 Å². The van der Waals surface area contributed by atoms with Gasteiger partial charge in [0.15, 0.2) is 0 Å². The van der Waals surface area contributed by atoms with Gasteiger partial charge in [-0.1, -0.05) is 55.6 Å². The Morgan fingerprint density at radius 3 is 2.27 bits per heavy atom. The molecular formula is C13H18LiSi. The Hall–Kier alpha value is -0.226. The first-order valence-electron chi connectivity index (χ1n) is 5.27. The van der Waals surface area contributed by atoms with Crippen LogP contribution in [-0.4, -0.2) is 26.9 Å². The molecule has 1 unspecified atom stereocenters. The Labute approximate surface area is 106 Å². The van der Waals surface area contributed by atoms with E-state index in [4.69, 9.17) is 0 Å². The first-order valence-corrected chi connectivity index (χ1v) is 8.85. The second-order valence-electron chi connectivity index (χ2n) is 5.32. The van der Waals surface area contributed by atoms with Gasteiger partial charge in [0.05, 0.1) is 8.07 Å². The van der Waals surface area contributed by atoms with Crippen molar-refractivity contribution in [2.75, 3.05) is 0 Å². The summed E-state index contributed by atoms with van der Waals surface area (Å²) in [6.45, 7) is 9.65. The topological polar surface area (TPSA) is 0 Å². The third-order valence-electron chi connectivity index (χ3n) is 3.01. The van der Waals surface area contributed by atoms with Gasteiger partial charge in [-0.2, -0.15) is 0 Å². The Bertz CT molecular complexity index is 388. The maximum absolute atomic E-state index is 2.46. The summed E-state index contributed by atoms with van der Waals surface area (Å²) in [7, 11) is -1.11. The van der Waals surface area contributed by atoms with Crippen LogP contribution in [0.4, 0.5) is 0 Å². The molecule has 0 N–H and O–H groups in total. The van der Waals surface area contributed by atoms with Gasteiger partial charge in [-0.3, -0.25) is 0 Å². The minimum Gasteiger partial charge on any atom is -0.0688 e. The minimum absolute atomic E-state index is 0. The fraction of sp³-hybridized carbons (Fsp3) is 0.385. The molecule has 0 spiro atoms. The second-order valence-corrected chi connectivity index (χ2v) is 10.6. The van der Waals surface area contributed by atoms with Crippen LogP contribution in [0.25, 0.3) is 6.08 Å². The third-order valence-corrected chi connectivity index (χ3v) is 5.51. The van der Waals surface area contributed by atoms with Gasteiger partial charge < -0.3 is 0 Å². The minimum atomic E-state index is -1.11. The zero-order valence-corrected chi connectivity index (χ0v) is 11.5. The van der Waals surface area contributed by atoms with E-state index >= 15 is 0 Å². The van der Waals surface area contributed by atoms with E-state index in [-0.39, 0.29) is 18.9 Å². The molecule has 0 bridgehead atoms. The van der Waals surface area contributed by atoms with Crippen LogP contribution in [0.5, 0.6) is 0 Å². The average Bonchev–Trinajstić information content (AvgIpc) is 2.38. The second kappa shape index (κ2) is 4.33. The Morgan fingerprint density at radius 2 is 1.67 bits per heavy atom. The molecule has 0 aromatic heterocycles. The average molecular weight is 209 g/mol. The van der Waals surface area contributed by atoms with Crippen LogP contribution < -0.4 is 0 Å². The van der Waals surface area contributed by atoms with Crippen molar-refractivity contribution < 1.29 is 0 Å². The van der Waals surface area contributed by atoms with E-state index in [1.807, 2.05) is 0 Å². The molecule has 75 valence electrons. The fourth-order valence-electron chi connectivity index (χ4n) is 2.63. The predicted molar refractivity (Wildman–Crippen MR) is 71.9 cm³/mol. The molecular weight excluding hydrogens is 191 g/mol. The molecule has 1 aromatic rings. The van der Waals surface area contributed by atoms with Crippen molar-refractivity contribution in [1.29, 1.82) is 0 Å². The van der Waals surface area contributed by atoms with Gasteiger partial charge in [-0.25, -0.2) is 0 Å².